The summed E-state index contributed by atoms with van der Waals surface area (Å²) in [7, 11) is 0. The second-order valence-electron chi connectivity index (χ2n) is 6.57. The molecule has 0 bridgehead atoms. The van der Waals surface area contributed by atoms with Gasteiger partial charge in [0.1, 0.15) is 0 Å². The molecule has 2 N–H and O–H groups in total. The average Bonchev–Trinajstić information content (AvgIpc) is 3.21. The zero-order chi connectivity index (χ0) is 13.3. The summed E-state index contributed by atoms with van der Waals surface area (Å²) < 4.78 is 0. The summed E-state index contributed by atoms with van der Waals surface area (Å²) in [5.41, 5.74) is 0.875. The number of benzene rings is 1. The van der Waals surface area contributed by atoms with Crippen molar-refractivity contribution in [2.24, 2.45) is 5.92 Å². The predicted octanol–water partition coefficient (Wildman–Crippen LogP) is 3.07. The van der Waals surface area contributed by atoms with Crippen LogP contribution in [0.15, 0.2) is 30.3 Å². The van der Waals surface area contributed by atoms with Crippen molar-refractivity contribution in [2.45, 2.75) is 56.6 Å². The largest absolute Gasteiger partial charge is 0.390 e. The Morgan fingerprint density at radius 2 is 2.05 bits per heavy atom. The lowest BCUT2D eigenvalue weighted by molar-refractivity contribution is 0.0134. The molecule has 2 fully saturated rings. The van der Waals surface area contributed by atoms with Crippen LogP contribution in [0.3, 0.4) is 0 Å². The Balaban J connectivity index is 1.59. The molecule has 4 atom stereocenters. The van der Waals surface area contributed by atoms with Gasteiger partial charge in [0.05, 0.1) is 5.60 Å². The van der Waals surface area contributed by atoms with Gasteiger partial charge < -0.3 is 10.4 Å². The Kier molecular flexibility index (Phi) is 3.64. The fourth-order valence-corrected chi connectivity index (χ4v) is 3.70. The van der Waals surface area contributed by atoms with E-state index >= 15 is 0 Å². The van der Waals surface area contributed by atoms with Gasteiger partial charge in [0, 0.05) is 6.04 Å². The van der Waals surface area contributed by atoms with Crippen LogP contribution in [-0.2, 0) is 0 Å². The van der Waals surface area contributed by atoms with Gasteiger partial charge in [-0.3, -0.25) is 0 Å². The molecule has 1 saturated heterocycles. The lowest BCUT2D eigenvalue weighted by atomic mass is 9.86. The van der Waals surface area contributed by atoms with Gasteiger partial charge in [-0.2, -0.15) is 0 Å². The van der Waals surface area contributed by atoms with Crippen molar-refractivity contribution in [3.63, 3.8) is 0 Å². The van der Waals surface area contributed by atoms with Gasteiger partial charge in [0.15, 0.2) is 0 Å². The molecule has 1 saturated carbocycles. The highest BCUT2D eigenvalue weighted by atomic mass is 16.3. The van der Waals surface area contributed by atoms with Crippen LogP contribution < -0.4 is 5.32 Å². The standard InChI is InChI=1S/C17H25NO/c1-17(19,12-14-9-5-6-10-18-14)16-11-15(16)13-7-3-2-4-8-13/h2-4,7-8,14-16,18-19H,5-6,9-12H2,1H3. The van der Waals surface area contributed by atoms with E-state index in [1.165, 1.54) is 24.8 Å². The first-order valence-corrected chi connectivity index (χ1v) is 7.67. The van der Waals surface area contributed by atoms with Gasteiger partial charge in [-0.25, -0.2) is 0 Å². The molecule has 4 unspecified atom stereocenters. The van der Waals surface area contributed by atoms with Crippen molar-refractivity contribution in [1.29, 1.82) is 0 Å². The molecule has 1 aromatic rings. The molecule has 1 aliphatic carbocycles. The molecule has 0 aromatic heterocycles. The average molecular weight is 259 g/mol. The second kappa shape index (κ2) is 5.26. The quantitative estimate of drug-likeness (QED) is 0.871. The predicted molar refractivity (Wildman–Crippen MR) is 78.2 cm³/mol. The van der Waals surface area contributed by atoms with E-state index in [9.17, 15) is 5.11 Å². The van der Waals surface area contributed by atoms with E-state index in [4.69, 9.17) is 0 Å². The smallest absolute Gasteiger partial charge is 0.0668 e. The van der Waals surface area contributed by atoms with Crippen molar-refractivity contribution in [3.8, 4) is 0 Å². The topological polar surface area (TPSA) is 32.3 Å². The van der Waals surface area contributed by atoms with E-state index < -0.39 is 5.60 Å². The van der Waals surface area contributed by atoms with Crippen molar-refractivity contribution in [2.75, 3.05) is 6.54 Å². The zero-order valence-corrected chi connectivity index (χ0v) is 11.8. The number of hydrogen-bond acceptors (Lipinski definition) is 2. The summed E-state index contributed by atoms with van der Waals surface area (Å²) in [6.07, 6.45) is 5.86. The first kappa shape index (κ1) is 13.1. The first-order chi connectivity index (χ1) is 9.17. The fraction of sp³-hybridized carbons (Fsp3) is 0.647. The first-order valence-electron chi connectivity index (χ1n) is 7.67. The van der Waals surface area contributed by atoms with Crippen LogP contribution in [0.4, 0.5) is 0 Å². The van der Waals surface area contributed by atoms with E-state index in [1.54, 1.807) is 0 Å². The second-order valence-corrected chi connectivity index (χ2v) is 6.57. The van der Waals surface area contributed by atoms with E-state index in [-0.39, 0.29) is 0 Å². The van der Waals surface area contributed by atoms with Crippen molar-refractivity contribution >= 4 is 0 Å². The number of piperidine rings is 1. The Morgan fingerprint density at radius 1 is 1.26 bits per heavy atom. The van der Waals surface area contributed by atoms with Gasteiger partial charge in [-0.15, -0.1) is 0 Å². The minimum Gasteiger partial charge on any atom is -0.390 e. The molecule has 1 aliphatic heterocycles. The minimum atomic E-state index is -0.518. The van der Waals surface area contributed by atoms with Crippen LogP contribution >= 0.6 is 0 Å². The number of hydrogen-bond donors (Lipinski definition) is 2. The normalized spacial score (nSPS) is 33.7. The Hall–Kier alpha value is -0.860. The molecule has 19 heavy (non-hydrogen) atoms. The van der Waals surface area contributed by atoms with Gasteiger partial charge in [0.25, 0.3) is 0 Å². The van der Waals surface area contributed by atoms with Gasteiger partial charge in [0.2, 0.25) is 0 Å². The van der Waals surface area contributed by atoms with E-state index in [0.29, 0.717) is 17.9 Å². The molecule has 2 heteroatoms. The van der Waals surface area contributed by atoms with Crippen molar-refractivity contribution in [3.05, 3.63) is 35.9 Å². The fourth-order valence-electron chi connectivity index (χ4n) is 3.70. The third kappa shape index (κ3) is 3.01. The molecule has 104 valence electrons. The number of nitrogens with one attached hydrogen (secondary N) is 1. The molecular weight excluding hydrogens is 234 g/mol. The van der Waals surface area contributed by atoms with Gasteiger partial charge >= 0.3 is 0 Å². The molecule has 3 rings (SSSR count). The van der Waals surface area contributed by atoms with Crippen LogP contribution in [0.25, 0.3) is 0 Å². The molecule has 1 aromatic carbocycles. The van der Waals surface area contributed by atoms with Crippen LogP contribution in [0.2, 0.25) is 0 Å². The maximum atomic E-state index is 10.8. The highest BCUT2D eigenvalue weighted by Gasteiger charge is 2.50. The molecule has 1 heterocycles. The van der Waals surface area contributed by atoms with E-state index in [2.05, 4.69) is 35.6 Å². The molecule has 0 radical (unpaired) electrons. The van der Waals surface area contributed by atoms with Crippen molar-refractivity contribution in [1.82, 2.24) is 5.32 Å². The van der Waals surface area contributed by atoms with Gasteiger partial charge in [-0.1, -0.05) is 36.8 Å². The molecular formula is C17H25NO. The Morgan fingerprint density at radius 3 is 2.74 bits per heavy atom. The monoisotopic (exact) mass is 259 g/mol. The van der Waals surface area contributed by atoms with E-state index in [0.717, 1.165) is 19.4 Å². The number of aliphatic hydroxyl groups is 1. The summed E-state index contributed by atoms with van der Waals surface area (Å²) in [4.78, 5) is 0. The molecule has 0 amide bonds. The summed E-state index contributed by atoms with van der Waals surface area (Å²) in [5.74, 6) is 1.01. The number of rotatable bonds is 4. The van der Waals surface area contributed by atoms with Crippen molar-refractivity contribution < 1.29 is 5.11 Å². The van der Waals surface area contributed by atoms with Crippen LogP contribution in [0.1, 0.15) is 50.5 Å². The summed E-state index contributed by atoms with van der Waals surface area (Å²) in [6.45, 7) is 3.16. The van der Waals surface area contributed by atoms with Gasteiger partial charge in [-0.05, 0) is 56.6 Å². The minimum absolute atomic E-state index is 0.443. The highest BCUT2D eigenvalue weighted by Crippen LogP contribution is 2.54. The van der Waals surface area contributed by atoms with Crippen LogP contribution in [0, 0.1) is 5.92 Å². The molecule has 2 aliphatic rings. The molecule has 0 spiro atoms. The Labute approximate surface area is 116 Å². The summed E-state index contributed by atoms with van der Waals surface area (Å²) in [5, 5.41) is 14.4. The SMILES string of the molecule is CC(O)(CC1CCCCN1)C1CC1c1ccccc1. The lowest BCUT2D eigenvalue weighted by Gasteiger charge is -2.32. The highest BCUT2D eigenvalue weighted by molar-refractivity contribution is 5.27. The van der Waals surface area contributed by atoms with Crippen LogP contribution in [0.5, 0.6) is 0 Å². The third-order valence-electron chi connectivity index (χ3n) is 4.89. The summed E-state index contributed by atoms with van der Waals surface area (Å²) >= 11 is 0. The van der Waals surface area contributed by atoms with Crippen LogP contribution in [-0.4, -0.2) is 23.3 Å². The third-order valence-corrected chi connectivity index (χ3v) is 4.89. The summed E-state index contributed by atoms with van der Waals surface area (Å²) in [6, 6.07) is 11.2. The van der Waals surface area contributed by atoms with E-state index in [1.807, 2.05) is 6.92 Å². The molecule has 2 nitrogen and oxygen atoms in total. The zero-order valence-electron chi connectivity index (χ0n) is 11.8. The maximum absolute atomic E-state index is 10.8. The lowest BCUT2D eigenvalue weighted by Crippen LogP contribution is -2.42. The maximum Gasteiger partial charge on any atom is 0.0668 e. The Bertz CT molecular complexity index is 409.